The van der Waals surface area contributed by atoms with Crippen molar-refractivity contribution in [3.05, 3.63) is 0 Å². The molecular formula is C2KMnNa2O8. The molecule has 12 heteroatoms. The summed E-state index contributed by atoms with van der Waals surface area (Å²) in [5.41, 5.74) is 0. The van der Waals surface area contributed by atoms with Crippen molar-refractivity contribution in [2.24, 2.45) is 0 Å². The Balaban J connectivity index is -0.0000000321. The van der Waals surface area contributed by atoms with Crippen LogP contribution in [0.25, 0.3) is 0 Å². The maximum absolute atomic E-state index is 8.93. The molecule has 0 aromatic rings. The van der Waals surface area contributed by atoms with E-state index in [1.54, 1.807) is 0 Å². The Hall–Kier alpha value is 2.46. The van der Waals surface area contributed by atoms with Gasteiger partial charge in [0.05, 0.1) is 11.9 Å². The van der Waals surface area contributed by atoms with Crippen LogP contribution in [0.4, 0.5) is 0 Å². The van der Waals surface area contributed by atoms with Crippen LogP contribution < -0.4 is 125 Å². The fraction of sp³-hybridized carbons (Fsp3) is 0. The third kappa shape index (κ3) is 62.8. The molecule has 0 amide bonds. The first kappa shape index (κ1) is 30.0. The Morgan fingerprint density at radius 1 is 0.857 bits per heavy atom. The van der Waals surface area contributed by atoms with Gasteiger partial charge in [-0.1, -0.05) is 0 Å². The predicted octanol–water partition coefficient (Wildman–Crippen LogP) is -14.0. The number of carboxylic acids is 2. The van der Waals surface area contributed by atoms with Gasteiger partial charge in [0, 0.05) is 0 Å². The number of carbonyl (C=O) groups is 2. The van der Waals surface area contributed by atoms with Gasteiger partial charge in [-0.2, -0.15) is 0 Å². The van der Waals surface area contributed by atoms with Crippen LogP contribution in [0.3, 0.4) is 0 Å². The van der Waals surface area contributed by atoms with E-state index < -0.39 is 24.9 Å². The second kappa shape index (κ2) is 15.5. The Labute approximate surface area is 167 Å². The number of hydrogen-bond acceptors (Lipinski definition) is 8. The summed E-state index contributed by atoms with van der Waals surface area (Å²) in [5, 5.41) is 17.9. The van der Waals surface area contributed by atoms with Crippen LogP contribution in [-0.2, 0) is 34.1 Å². The zero-order chi connectivity index (χ0) is 9.65. The van der Waals surface area contributed by atoms with Gasteiger partial charge in [0.25, 0.3) is 0 Å². The average molecular weight is 292 g/mol. The summed E-state index contributed by atoms with van der Waals surface area (Å²) >= 11 is -5.62. The molecule has 0 spiro atoms. The van der Waals surface area contributed by atoms with Crippen molar-refractivity contribution >= 4 is 11.9 Å². The second-order valence-corrected chi connectivity index (χ2v) is 2.13. The number of hydrogen-bond donors (Lipinski definition) is 0. The molecule has 0 saturated heterocycles. The minimum atomic E-state index is -5.62. The van der Waals surface area contributed by atoms with Crippen LogP contribution in [0.5, 0.6) is 0 Å². The van der Waals surface area contributed by atoms with Crippen molar-refractivity contribution in [3.63, 3.8) is 0 Å². The summed E-state index contributed by atoms with van der Waals surface area (Å²) in [5.74, 6) is -4.37. The number of carbonyl (C=O) groups excluding carboxylic acids is 2. The van der Waals surface area contributed by atoms with Crippen LogP contribution in [0, 0.1) is 0 Å². The molecule has 0 aromatic carbocycles. The summed E-state index contributed by atoms with van der Waals surface area (Å²) in [7, 11) is 0. The van der Waals surface area contributed by atoms with Crippen molar-refractivity contribution in [1.29, 1.82) is 0 Å². The minimum absolute atomic E-state index is 0. The summed E-state index contributed by atoms with van der Waals surface area (Å²) in [4.78, 5) is 17.9. The summed E-state index contributed by atoms with van der Waals surface area (Å²) < 4.78 is 34.3. The van der Waals surface area contributed by atoms with Crippen molar-refractivity contribution < 1.29 is 159 Å². The van der Waals surface area contributed by atoms with Crippen LogP contribution >= 0.6 is 0 Å². The fourth-order valence-corrected chi connectivity index (χ4v) is 0. The van der Waals surface area contributed by atoms with Gasteiger partial charge < -0.3 is 19.8 Å². The van der Waals surface area contributed by atoms with Crippen LogP contribution in [-0.4, -0.2) is 11.9 Å². The normalized spacial score (nSPS) is 7.21. The Morgan fingerprint density at radius 3 is 0.929 bits per heavy atom. The molecule has 0 aliphatic rings. The molecule has 0 aliphatic heterocycles. The molecule has 0 atom stereocenters. The molecule has 0 heterocycles. The zero-order valence-corrected chi connectivity index (χ0v) is 15.9. The first-order valence-corrected chi connectivity index (χ1v) is 3.61. The van der Waals surface area contributed by atoms with Crippen LogP contribution in [0.15, 0.2) is 0 Å². The van der Waals surface area contributed by atoms with E-state index in [4.69, 9.17) is 35.5 Å². The van der Waals surface area contributed by atoms with E-state index >= 15 is 0 Å². The molecule has 0 rings (SSSR count). The average Bonchev–Trinajstić information content (AvgIpc) is 1.59. The number of rotatable bonds is 0. The Morgan fingerprint density at radius 2 is 0.929 bits per heavy atom. The van der Waals surface area contributed by atoms with Gasteiger partial charge in [0.2, 0.25) is 0 Å². The van der Waals surface area contributed by atoms with Crippen molar-refractivity contribution in [1.82, 2.24) is 0 Å². The van der Waals surface area contributed by atoms with E-state index in [1.165, 1.54) is 0 Å². The Bertz CT molecular complexity index is 275. The molecular weight excluding hydrogens is 292 g/mol. The van der Waals surface area contributed by atoms with E-state index in [2.05, 4.69) is 0 Å². The molecule has 8 nitrogen and oxygen atoms in total. The molecule has 0 aromatic heterocycles. The maximum atomic E-state index is 8.93. The standard InChI is InChI=1S/C2H2O4.K.Mn.2Na.4O/c3-1(4)2(5)6;;;;;;;;/h(H,3,4)(H,5,6);;;;;;;;/q;+1;;2*+1;;;;-1/p-2. The van der Waals surface area contributed by atoms with Crippen molar-refractivity contribution in [2.75, 3.05) is 0 Å². The molecule has 0 unspecified atom stereocenters. The van der Waals surface area contributed by atoms with Gasteiger partial charge >= 0.3 is 139 Å². The number of aliphatic carboxylic acids is 2. The summed E-state index contributed by atoms with van der Waals surface area (Å²) in [6.45, 7) is 0. The molecule has 0 N–H and O–H groups in total. The fourth-order valence-electron chi connectivity index (χ4n) is 0. The van der Waals surface area contributed by atoms with Crippen molar-refractivity contribution in [2.45, 2.75) is 0 Å². The van der Waals surface area contributed by atoms with E-state index in [-0.39, 0.29) is 110 Å². The molecule has 0 fully saturated rings. The molecule has 14 heavy (non-hydrogen) atoms. The Kier molecular flexibility index (Phi) is 33.1. The van der Waals surface area contributed by atoms with E-state index in [0.717, 1.165) is 0 Å². The van der Waals surface area contributed by atoms with E-state index in [0.29, 0.717) is 0 Å². The van der Waals surface area contributed by atoms with E-state index in [9.17, 15) is 0 Å². The molecule has 0 saturated carbocycles. The van der Waals surface area contributed by atoms with Gasteiger partial charge in [-0.15, -0.1) is 0 Å². The number of carboxylic acid groups (broad SMARTS) is 2. The summed E-state index contributed by atoms with van der Waals surface area (Å²) in [6.07, 6.45) is 0. The van der Waals surface area contributed by atoms with E-state index in [1.807, 2.05) is 0 Å². The quantitative estimate of drug-likeness (QED) is 0.315. The monoisotopic (exact) mass is 292 g/mol. The van der Waals surface area contributed by atoms with Gasteiger partial charge in [-0.25, -0.2) is 0 Å². The van der Waals surface area contributed by atoms with Gasteiger partial charge in [-0.3, -0.25) is 0 Å². The van der Waals surface area contributed by atoms with Crippen LogP contribution in [0.2, 0.25) is 0 Å². The first-order chi connectivity index (χ1) is 4.64. The topological polar surface area (TPSA) is 155 Å². The first-order valence-electron chi connectivity index (χ1n) is 1.68. The molecule has 0 radical (unpaired) electrons. The van der Waals surface area contributed by atoms with Crippen molar-refractivity contribution in [3.8, 4) is 0 Å². The van der Waals surface area contributed by atoms with Gasteiger partial charge in [-0.05, 0) is 0 Å². The third-order valence-electron chi connectivity index (χ3n) is 0.167. The zero-order valence-electron chi connectivity index (χ0n) is 7.64. The van der Waals surface area contributed by atoms with Crippen LogP contribution in [0.1, 0.15) is 0 Å². The summed E-state index contributed by atoms with van der Waals surface area (Å²) in [6, 6.07) is 0. The molecule has 66 valence electrons. The predicted molar refractivity (Wildman–Crippen MR) is 12.1 cm³/mol. The second-order valence-electron chi connectivity index (χ2n) is 0.953. The molecule has 0 bridgehead atoms. The van der Waals surface area contributed by atoms with Gasteiger partial charge in [0.15, 0.2) is 0 Å². The molecule has 0 aliphatic carbocycles. The SMILES string of the molecule is O=C([O-])C(=O)[O-].[K+].[Na+].[Na+].[O]=[Mn](=[O])(=[O])[O-]. The van der Waals surface area contributed by atoms with Gasteiger partial charge in [0.1, 0.15) is 0 Å². The third-order valence-corrected chi connectivity index (χ3v) is 0.167.